The molecule has 1 heterocycles. The molecule has 20 heavy (non-hydrogen) atoms. The molecule has 0 fully saturated rings. The first-order valence-corrected chi connectivity index (χ1v) is 6.90. The molecule has 0 spiro atoms. The maximum absolute atomic E-state index is 13.3. The number of likely N-dealkylation sites (N-methyl/N-ethyl adjacent to an activating group) is 1. The Hall–Kier alpha value is -1.69. The molecule has 112 valence electrons. The van der Waals surface area contributed by atoms with Crippen molar-refractivity contribution >= 4 is 11.7 Å². The molecule has 5 nitrogen and oxygen atoms in total. The Balaban J connectivity index is 2.89. The van der Waals surface area contributed by atoms with Crippen LogP contribution < -0.4 is 5.32 Å². The van der Waals surface area contributed by atoms with Crippen molar-refractivity contribution in [1.29, 1.82) is 0 Å². The van der Waals surface area contributed by atoms with E-state index in [1.807, 2.05) is 20.8 Å². The van der Waals surface area contributed by atoms with E-state index in [9.17, 15) is 9.18 Å². The Morgan fingerprint density at radius 1 is 1.45 bits per heavy atom. The standard InChI is InChI=1S/C14H22FN3O2/c1-4-16-13-12(9-11(15)10-17-13)14(19)18(5-2)7-8-20-6-3/h9-10H,4-8H2,1-3H3,(H,16,17). The summed E-state index contributed by atoms with van der Waals surface area (Å²) in [6.07, 6.45) is 1.10. The lowest BCUT2D eigenvalue weighted by atomic mass is 10.2. The molecule has 0 aliphatic heterocycles. The maximum atomic E-state index is 13.3. The van der Waals surface area contributed by atoms with Crippen LogP contribution in [-0.4, -0.2) is 48.6 Å². The van der Waals surface area contributed by atoms with Gasteiger partial charge in [0.05, 0.1) is 18.4 Å². The van der Waals surface area contributed by atoms with Gasteiger partial charge >= 0.3 is 0 Å². The first-order valence-electron chi connectivity index (χ1n) is 6.90. The SMILES string of the molecule is CCNc1ncc(F)cc1C(=O)N(CC)CCOCC. The number of nitrogens with zero attached hydrogens (tertiary/aromatic N) is 2. The number of nitrogens with one attached hydrogen (secondary N) is 1. The molecule has 0 radical (unpaired) electrons. The molecule has 1 aromatic heterocycles. The summed E-state index contributed by atoms with van der Waals surface area (Å²) in [7, 11) is 0. The van der Waals surface area contributed by atoms with Gasteiger partial charge in [-0.15, -0.1) is 0 Å². The van der Waals surface area contributed by atoms with Crippen LogP contribution in [0.5, 0.6) is 0 Å². The Morgan fingerprint density at radius 3 is 2.80 bits per heavy atom. The quantitative estimate of drug-likeness (QED) is 0.743. The van der Waals surface area contributed by atoms with Crippen molar-refractivity contribution in [3.05, 3.63) is 23.6 Å². The fourth-order valence-electron chi connectivity index (χ4n) is 1.80. The predicted octanol–water partition coefficient (Wildman–Crippen LogP) is 2.15. The molecule has 1 amide bonds. The Bertz CT molecular complexity index is 440. The van der Waals surface area contributed by atoms with Gasteiger partial charge in [-0.3, -0.25) is 4.79 Å². The highest BCUT2D eigenvalue weighted by Gasteiger charge is 2.19. The summed E-state index contributed by atoms with van der Waals surface area (Å²) in [6, 6.07) is 1.22. The van der Waals surface area contributed by atoms with E-state index in [4.69, 9.17) is 4.74 Å². The first-order chi connectivity index (χ1) is 9.63. The third-order valence-corrected chi connectivity index (χ3v) is 2.81. The molecule has 6 heteroatoms. The summed E-state index contributed by atoms with van der Waals surface area (Å²) in [5, 5.41) is 2.97. The highest BCUT2D eigenvalue weighted by molar-refractivity contribution is 5.98. The molecule has 0 unspecified atom stereocenters. The molecular weight excluding hydrogens is 261 g/mol. The van der Waals surface area contributed by atoms with Gasteiger partial charge in [0, 0.05) is 26.2 Å². The second-order valence-corrected chi connectivity index (χ2v) is 4.16. The number of aromatic nitrogens is 1. The normalized spacial score (nSPS) is 10.4. The highest BCUT2D eigenvalue weighted by Crippen LogP contribution is 2.16. The number of anilines is 1. The lowest BCUT2D eigenvalue weighted by Gasteiger charge is -2.22. The molecular formula is C14H22FN3O2. The molecule has 0 aromatic carbocycles. The van der Waals surface area contributed by atoms with Gasteiger partial charge in [0.2, 0.25) is 0 Å². The molecule has 0 aliphatic carbocycles. The minimum atomic E-state index is -0.518. The van der Waals surface area contributed by atoms with Crippen LogP contribution in [0.2, 0.25) is 0 Å². The third-order valence-electron chi connectivity index (χ3n) is 2.81. The predicted molar refractivity (Wildman–Crippen MR) is 76.4 cm³/mol. The van der Waals surface area contributed by atoms with E-state index in [1.54, 1.807) is 4.90 Å². The van der Waals surface area contributed by atoms with Crippen LogP contribution in [0, 0.1) is 5.82 Å². The molecule has 1 rings (SSSR count). The zero-order valence-electron chi connectivity index (χ0n) is 12.3. The number of carbonyl (C=O) groups excluding carboxylic acids is 1. The van der Waals surface area contributed by atoms with Crippen molar-refractivity contribution in [3.63, 3.8) is 0 Å². The fourth-order valence-corrected chi connectivity index (χ4v) is 1.80. The number of hydrogen-bond donors (Lipinski definition) is 1. The van der Waals surface area contributed by atoms with Crippen molar-refractivity contribution in [2.45, 2.75) is 20.8 Å². The molecule has 1 aromatic rings. The fraction of sp³-hybridized carbons (Fsp3) is 0.571. The van der Waals surface area contributed by atoms with Crippen molar-refractivity contribution in [2.24, 2.45) is 0 Å². The largest absolute Gasteiger partial charge is 0.380 e. The van der Waals surface area contributed by atoms with Crippen LogP contribution in [0.25, 0.3) is 0 Å². The lowest BCUT2D eigenvalue weighted by molar-refractivity contribution is 0.0669. The second kappa shape index (κ2) is 8.47. The van der Waals surface area contributed by atoms with Crippen LogP contribution in [0.15, 0.2) is 12.3 Å². The zero-order chi connectivity index (χ0) is 15.0. The zero-order valence-corrected chi connectivity index (χ0v) is 12.3. The molecule has 0 atom stereocenters. The monoisotopic (exact) mass is 283 g/mol. The summed E-state index contributed by atoms with van der Waals surface area (Å²) in [5.41, 5.74) is 0.255. The van der Waals surface area contributed by atoms with Gasteiger partial charge in [0.25, 0.3) is 5.91 Å². The summed E-state index contributed by atoms with van der Waals surface area (Å²) in [6.45, 7) is 8.38. The summed E-state index contributed by atoms with van der Waals surface area (Å²) >= 11 is 0. The summed E-state index contributed by atoms with van der Waals surface area (Å²) in [5.74, 6) is -0.347. The van der Waals surface area contributed by atoms with Crippen molar-refractivity contribution in [1.82, 2.24) is 9.88 Å². The van der Waals surface area contributed by atoms with E-state index in [-0.39, 0.29) is 11.5 Å². The van der Waals surface area contributed by atoms with Crippen LogP contribution in [0.3, 0.4) is 0 Å². The number of rotatable bonds is 8. The van der Waals surface area contributed by atoms with Crippen LogP contribution in [0.4, 0.5) is 10.2 Å². The van der Waals surface area contributed by atoms with E-state index >= 15 is 0 Å². The molecule has 0 saturated carbocycles. The minimum absolute atomic E-state index is 0.241. The highest BCUT2D eigenvalue weighted by atomic mass is 19.1. The molecule has 0 aliphatic rings. The van der Waals surface area contributed by atoms with E-state index in [0.29, 0.717) is 38.7 Å². The van der Waals surface area contributed by atoms with E-state index in [0.717, 1.165) is 6.20 Å². The van der Waals surface area contributed by atoms with Crippen LogP contribution >= 0.6 is 0 Å². The average Bonchev–Trinajstić information content (AvgIpc) is 2.45. The smallest absolute Gasteiger partial charge is 0.257 e. The number of ether oxygens (including phenoxy) is 1. The van der Waals surface area contributed by atoms with Gasteiger partial charge in [-0.1, -0.05) is 0 Å². The number of carbonyl (C=O) groups is 1. The van der Waals surface area contributed by atoms with E-state index in [2.05, 4.69) is 10.3 Å². The third kappa shape index (κ3) is 4.45. The van der Waals surface area contributed by atoms with Crippen molar-refractivity contribution < 1.29 is 13.9 Å². The number of amides is 1. The van der Waals surface area contributed by atoms with Gasteiger partial charge in [-0.2, -0.15) is 0 Å². The molecule has 0 bridgehead atoms. The maximum Gasteiger partial charge on any atom is 0.257 e. The average molecular weight is 283 g/mol. The Labute approximate surface area is 119 Å². The number of pyridine rings is 1. The Kier molecular flexibility index (Phi) is 6.93. The van der Waals surface area contributed by atoms with Gasteiger partial charge in [-0.25, -0.2) is 9.37 Å². The Morgan fingerprint density at radius 2 is 2.20 bits per heavy atom. The van der Waals surface area contributed by atoms with E-state index in [1.165, 1.54) is 6.07 Å². The first kappa shape index (κ1) is 16.4. The summed E-state index contributed by atoms with van der Waals surface area (Å²) < 4.78 is 18.6. The molecule has 1 N–H and O–H groups in total. The molecule has 0 saturated heterocycles. The number of hydrogen-bond acceptors (Lipinski definition) is 4. The second-order valence-electron chi connectivity index (χ2n) is 4.16. The van der Waals surface area contributed by atoms with Gasteiger partial charge in [-0.05, 0) is 26.8 Å². The minimum Gasteiger partial charge on any atom is -0.380 e. The van der Waals surface area contributed by atoms with Gasteiger partial charge in [0.1, 0.15) is 11.6 Å². The van der Waals surface area contributed by atoms with Gasteiger partial charge < -0.3 is 15.0 Å². The van der Waals surface area contributed by atoms with Crippen molar-refractivity contribution in [2.75, 3.05) is 38.2 Å². The number of halogens is 1. The van der Waals surface area contributed by atoms with Crippen LogP contribution in [0.1, 0.15) is 31.1 Å². The van der Waals surface area contributed by atoms with Crippen molar-refractivity contribution in [3.8, 4) is 0 Å². The van der Waals surface area contributed by atoms with Crippen LogP contribution in [-0.2, 0) is 4.74 Å². The lowest BCUT2D eigenvalue weighted by Crippen LogP contribution is -2.34. The van der Waals surface area contributed by atoms with Gasteiger partial charge in [0.15, 0.2) is 0 Å². The van der Waals surface area contributed by atoms with E-state index < -0.39 is 5.82 Å². The topological polar surface area (TPSA) is 54.5 Å². The summed E-state index contributed by atoms with van der Waals surface area (Å²) in [4.78, 5) is 18.0.